The number of hydrogen-bond acceptors (Lipinski definition) is 4. The van der Waals surface area contributed by atoms with Gasteiger partial charge in [-0.2, -0.15) is 10.5 Å². The summed E-state index contributed by atoms with van der Waals surface area (Å²) in [5.41, 5.74) is 9.82. The first-order valence-corrected chi connectivity index (χ1v) is 17.2. The van der Waals surface area contributed by atoms with Crippen molar-refractivity contribution >= 4 is 43.1 Å². The Morgan fingerprint density at radius 1 is 0.365 bits per heavy atom. The molecule has 0 unspecified atom stereocenters. The lowest BCUT2D eigenvalue weighted by Crippen LogP contribution is -1.99. The molecule has 0 spiro atoms. The molecule has 0 aliphatic carbocycles. The molecule has 2 aliphatic rings. The second-order valence-electron chi connectivity index (χ2n) is 13.4. The predicted octanol–water partition coefficient (Wildman–Crippen LogP) is 12.9. The van der Waals surface area contributed by atoms with E-state index in [0.717, 1.165) is 105 Å². The largest absolute Gasteiger partial charge is 0.456 e. The van der Waals surface area contributed by atoms with Gasteiger partial charge in [0.2, 0.25) is 0 Å². The molecule has 9 aromatic rings. The molecule has 4 heteroatoms. The Hall–Kier alpha value is -7.40. The molecule has 11 rings (SSSR count). The van der Waals surface area contributed by atoms with Crippen molar-refractivity contribution in [2.24, 2.45) is 0 Å². The molecule has 0 aromatic heterocycles. The highest BCUT2D eigenvalue weighted by atomic mass is 16.5. The van der Waals surface area contributed by atoms with Crippen molar-refractivity contribution in [2.75, 3.05) is 0 Å². The van der Waals surface area contributed by atoms with Crippen LogP contribution < -0.4 is 9.47 Å². The Kier molecular flexibility index (Phi) is 5.77. The van der Waals surface area contributed by atoms with E-state index in [0.29, 0.717) is 11.1 Å². The van der Waals surface area contributed by atoms with Gasteiger partial charge in [0.25, 0.3) is 0 Å². The second kappa shape index (κ2) is 10.6. The van der Waals surface area contributed by atoms with Gasteiger partial charge in [0.15, 0.2) is 0 Å². The van der Waals surface area contributed by atoms with Crippen LogP contribution in [0.1, 0.15) is 11.1 Å². The summed E-state index contributed by atoms with van der Waals surface area (Å²) in [4.78, 5) is 0. The van der Waals surface area contributed by atoms with Gasteiger partial charge in [-0.05, 0) is 115 Å². The molecule has 0 N–H and O–H groups in total. The molecule has 0 saturated carbocycles. The van der Waals surface area contributed by atoms with E-state index in [2.05, 4.69) is 115 Å². The number of fused-ring (bicyclic) bond motifs is 6. The van der Waals surface area contributed by atoms with Crippen LogP contribution in [0.15, 0.2) is 146 Å². The Bertz CT molecular complexity index is 3110. The zero-order valence-corrected chi connectivity index (χ0v) is 27.6. The number of rotatable bonds is 2. The fraction of sp³-hybridized carbons (Fsp3) is 0. The monoisotopic (exact) mass is 660 g/mol. The van der Waals surface area contributed by atoms with Gasteiger partial charge in [0.1, 0.15) is 23.0 Å². The van der Waals surface area contributed by atoms with Crippen molar-refractivity contribution < 1.29 is 9.47 Å². The Labute approximate surface area is 298 Å². The van der Waals surface area contributed by atoms with Crippen molar-refractivity contribution in [3.05, 3.63) is 157 Å². The topological polar surface area (TPSA) is 66.0 Å². The number of benzene rings is 9. The molecule has 4 nitrogen and oxygen atoms in total. The molecule has 0 amide bonds. The highest BCUT2D eigenvalue weighted by molar-refractivity contribution is 6.25. The molecule has 0 atom stereocenters. The van der Waals surface area contributed by atoms with Crippen molar-refractivity contribution in [1.29, 1.82) is 10.5 Å². The molecular weight excluding hydrogens is 637 g/mol. The number of ether oxygens (including phenoxy) is 2. The van der Waals surface area contributed by atoms with E-state index in [4.69, 9.17) is 9.47 Å². The zero-order valence-electron chi connectivity index (χ0n) is 27.6. The SMILES string of the molecule is N#Cc1ccc2c(c1)-c1cccc3c(-c4c5ccccc5c(-c5ccc6c(c5)Oc5ccc(C#N)c7cccc-6c57)c5ccccc45)ccc(c13)O2. The Morgan fingerprint density at radius 2 is 0.942 bits per heavy atom. The number of nitriles is 2. The van der Waals surface area contributed by atoms with E-state index in [1.165, 1.54) is 5.56 Å². The van der Waals surface area contributed by atoms with Crippen LogP contribution in [-0.2, 0) is 0 Å². The third-order valence-electron chi connectivity index (χ3n) is 10.7. The van der Waals surface area contributed by atoms with Crippen LogP contribution in [0.3, 0.4) is 0 Å². The quantitative estimate of drug-likeness (QED) is 0.173. The maximum atomic E-state index is 9.77. The molecule has 52 heavy (non-hydrogen) atoms. The minimum atomic E-state index is 0.605. The summed E-state index contributed by atoms with van der Waals surface area (Å²) in [5.74, 6) is 3.13. The highest BCUT2D eigenvalue weighted by Crippen LogP contribution is 2.53. The zero-order chi connectivity index (χ0) is 34.5. The van der Waals surface area contributed by atoms with Gasteiger partial charge in [-0.15, -0.1) is 0 Å². The molecular formula is C48H24N2O2. The summed E-state index contributed by atoms with van der Waals surface area (Å²) >= 11 is 0. The van der Waals surface area contributed by atoms with E-state index >= 15 is 0 Å². The van der Waals surface area contributed by atoms with E-state index in [-0.39, 0.29) is 0 Å². The molecule has 2 heterocycles. The lowest BCUT2D eigenvalue weighted by Gasteiger charge is -2.24. The van der Waals surface area contributed by atoms with Crippen molar-refractivity contribution in [2.45, 2.75) is 0 Å². The maximum absolute atomic E-state index is 9.77. The van der Waals surface area contributed by atoms with Gasteiger partial charge >= 0.3 is 0 Å². The van der Waals surface area contributed by atoms with Crippen molar-refractivity contribution in [3.63, 3.8) is 0 Å². The first-order valence-electron chi connectivity index (χ1n) is 17.2. The van der Waals surface area contributed by atoms with Crippen LogP contribution in [0.5, 0.6) is 23.0 Å². The molecule has 238 valence electrons. The number of nitrogens with zero attached hydrogens (tertiary/aromatic N) is 2. The molecule has 0 radical (unpaired) electrons. The summed E-state index contributed by atoms with van der Waals surface area (Å²) < 4.78 is 13.1. The Morgan fingerprint density at radius 3 is 1.65 bits per heavy atom. The van der Waals surface area contributed by atoms with E-state index in [1.807, 2.05) is 36.4 Å². The standard InChI is InChI=1S/C48H24N2O2/c49-25-27-15-20-41-40(23-27)38-14-6-13-37-39(19-22-43(51-41)48(37)38)46-35-9-3-1-7-33(35)45(34-8-2-4-10-36(34)46)28-16-18-31-32-12-5-11-30-29(26-50)17-21-42(47(30)32)52-44(31)24-28/h1-24H. The lowest BCUT2D eigenvalue weighted by atomic mass is 9.83. The fourth-order valence-corrected chi connectivity index (χ4v) is 8.53. The summed E-state index contributed by atoms with van der Waals surface area (Å²) in [5, 5.41) is 28.1. The van der Waals surface area contributed by atoms with Gasteiger partial charge in [-0.3, -0.25) is 0 Å². The highest BCUT2D eigenvalue weighted by Gasteiger charge is 2.26. The molecule has 0 bridgehead atoms. The minimum absolute atomic E-state index is 0.605. The summed E-state index contributed by atoms with van der Waals surface area (Å²) in [7, 11) is 0. The smallest absolute Gasteiger partial charge is 0.136 e. The van der Waals surface area contributed by atoms with E-state index in [9.17, 15) is 10.5 Å². The van der Waals surface area contributed by atoms with Gasteiger partial charge in [0.05, 0.1) is 23.3 Å². The normalized spacial score (nSPS) is 12.1. The third kappa shape index (κ3) is 3.84. The minimum Gasteiger partial charge on any atom is -0.456 e. The lowest BCUT2D eigenvalue weighted by molar-refractivity contribution is 0.487. The van der Waals surface area contributed by atoms with Crippen LogP contribution in [-0.4, -0.2) is 0 Å². The van der Waals surface area contributed by atoms with Gasteiger partial charge < -0.3 is 9.47 Å². The summed E-state index contributed by atoms with van der Waals surface area (Å²) in [6, 6.07) is 54.6. The van der Waals surface area contributed by atoms with Gasteiger partial charge in [0, 0.05) is 27.3 Å². The molecule has 9 aromatic carbocycles. The van der Waals surface area contributed by atoms with Crippen LogP contribution in [0.25, 0.3) is 87.6 Å². The predicted molar refractivity (Wildman–Crippen MR) is 208 cm³/mol. The number of hydrogen-bond donors (Lipinski definition) is 0. The van der Waals surface area contributed by atoms with Crippen LogP contribution in [0.4, 0.5) is 0 Å². The van der Waals surface area contributed by atoms with Gasteiger partial charge in [-0.1, -0.05) is 91.0 Å². The maximum Gasteiger partial charge on any atom is 0.136 e. The average Bonchev–Trinajstić information content (AvgIpc) is 3.20. The molecule has 0 fully saturated rings. The van der Waals surface area contributed by atoms with Crippen molar-refractivity contribution in [1.82, 2.24) is 0 Å². The van der Waals surface area contributed by atoms with E-state index < -0.39 is 0 Å². The second-order valence-corrected chi connectivity index (χ2v) is 13.4. The van der Waals surface area contributed by atoms with E-state index in [1.54, 1.807) is 6.07 Å². The average molecular weight is 661 g/mol. The first-order chi connectivity index (χ1) is 25.7. The molecule has 0 saturated heterocycles. The summed E-state index contributed by atoms with van der Waals surface area (Å²) in [6.07, 6.45) is 0. The van der Waals surface area contributed by atoms with Gasteiger partial charge in [-0.25, -0.2) is 0 Å². The van der Waals surface area contributed by atoms with Crippen LogP contribution >= 0.6 is 0 Å². The van der Waals surface area contributed by atoms with Crippen LogP contribution in [0, 0.1) is 22.7 Å². The third-order valence-corrected chi connectivity index (χ3v) is 10.7. The Balaban J connectivity index is 1.16. The first kappa shape index (κ1) is 28.4. The fourth-order valence-electron chi connectivity index (χ4n) is 8.53. The van der Waals surface area contributed by atoms with Crippen molar-refractivity contribution in [3.8, 4) is 79.6 Å². The van der Waals surface area contributed by atoms with Crippen LogP contribution in [0.2, 0.25) is 0 Å². The summed E-state index contributed by atoms with van der Waals surface area (Å²) in [6.45, 7) is 0. The molecule has 2 aliphatic heterocycles.